The molecule has 0 bridgehead atoms. The molecule has 1 aromatic rings. The molecule has 19 heavy (non-hydrogen) atoms. The van der Waals surface area contributed by atoms with Crippen molar-refractivity contribution in [3.8, 4) is 0 Å². The molecule has 8 heteroatoms. The Labute approximate surface area is 122 Å². The van der Waals surface area contributed by atoms with Gasteiger partial charge in [0.1, 0.15) is 6.04 Å². The Morgan fingerprint density at radius 2 is 2.05 bits per heavy atom. The molecule has 0 aliphatic rings. The van der Waals surface area contributed by atoms with Gasteiger partial charge in [-0.25, -0.2) is 4.79 Å². The maximum Gasteiger partial charge on any atom is 0.327 e. The van der Waals surface area contributed by atoms with Crippen LogP contribution < -0.4 is 5.32 Å². The summed E-state index contributed by atoms with van der Waals surface area (Å²) in [6.45, 7) is 0. The quantitative estimate of drug-likeness (QED) is 0.861. The minimum absolute atomic E-state index is 0.110. The highest BCUT2D eigenvalue weighted by Gasteiger charge is 2.23. The molecule has 0 heterocycles. The number of carbonyl (C=O) groups excluding carboxylic acids is 1. The van der Waals surface area contributed by atoms with Crippen LogP contribution in [0.1, 0.15) is 10.4 Å². The molecule has 0 aliphatic carbocycles. The highest BCUT2D eigenvalue weighted by molar-refractivity contribution is 7.84. The summed E-state index contributed by atoms with van der Waals surface area (Å²) in [5.74, 6) is -2.08. The van der Waals surface area contributed by atoms with Crippen molar-refractivity contribution in [2.45, 2.75) is 6.04 Å². The zero-order valence-electron chi connectivity index (χ0n) is 9.85. The number of benzene rings is 1. The average Bonchev–Trinajstić information content (AvgIpc) is 2.26. The first-order valence-electron chi connectivity index (χ1n) is 5.10. The summed E-state index contributed by atoms with van der Waals surface area (Å²) in [5.41, 5.74) is 0.110. The fourth-order valence-corrected chi connectivity index (χ4v) is 2.51. The minimum atomic E-state index is -1.35. The van der Waals surface area contributed by atoms with Crippen molar-refractivity contribution in [1.82, 2.24) is 5.32 Å². The molecule has 2 atom stereocenters. The first-order valence-corrected chi connectivity index (χ1v) is 7.58. The van der Waals surface area contributed by atoms with Crippen LogP contribution in [0.3, 0.4) is 0 Å². The molecule has 0 fully saturated rings. The summed E-state index contributed by atoms with van der Waals surface area (Å²) in [7, 11) is -1.35. The minimum Gasteiger partial charge on any atom is -0.480 e. The highest BCUT2D eigenvalue weighted by atomic mass is 35.5. The molecular weight excluding hydrogens is 313 g/mol. The number of carbonyl (C=O) groups is 2. The molecule has 0 saturated heterocycles. The first kappa shape index (κ1) is 15.9. The third-order valence-corrected chi connectivity index (χ3v) is 3.53. The van der Waals surface area contributed by atoms with Crippen LogP contribution in [0.2, 0.25) is 10.0 Å². The van der Waals surface area contributed by atoms with E-state index in [9.17, 15) is 13.8 Å². The summed E-state index contributed by atoms with van der Waals surface area (Å²) in [6, 6.07) is 3.01. The van der Waals surface area contributed by atoms with E-state index in [0.717, 1.165) is 0 Å². The number of rotatable bonds is 5. The number of halogens is 2. The number of hydrogen-bond donors (Lipinski definition) is 2. The SMILES string of the molecule is CS(=O)CC(NC(=O)c1ccc(Cl)cc1Cl)C(=O)O. The Hall–Kier alpha value is -1.11. The van der Waals surface area contributed by atoms with Gasteiger partial charge in [-0.15, -0.1) is 0 Å². The molecule has 5 nitrogen and oxygen atoms in total. The van der Waals surface area contributed by atoms with Crippen LogP contribution in [-0.4, -0.2) is 39.2 Å². The van der Waals surface area contributed by atoms with Gasteiger partial charge in [0.2, 0.25) is 0 Å². The smallest absolute Gasteiger partial charge is 0.327 e. The lowest BCUT2D eigenvalue weighted by molar-refractivity contribution is -0.138. The largest absolute Gasteiger partial charge is 0.480 e. The topological polar surface area (TPSA) is 83.5 Å². The van der Waals surface area contributed by atoms with Gasteiger partial charge in [0.05, 0.1) is 16.3 Å². The molecule has 0 saturated carbocycles. The van der Waals surface area contributed by atoms with Crippen LogP contribution in [-0.2, 0) is 15.6 Å². The zero-order valence-corrected chi connectivity index (χ0v) is 12.2. The second-order valence-corrected chi connectivity index (χ2v) is 6.05. The molecule has 0 aliphatic heterocycles. The van der Waals surface area contributed by atoms with Gasteiger partial charge in [-0.3, -0.25) is 9.00 Å². The Balaban J connectivity index is 2.87. The normalized spacial score (nSPS) is 13.6. The predicted octanol–water partition coefficient (Wildman–Crippen LogP) is 1.55. The second kappa shape index (κ2) is 6.88. The monoisotopic (exact) mass is 323 g/mol. The number of hydrogen-bond acceptors (Lipinski definition) is 3. The molecule has 2 unspecified atom stereocenters. The Kier molecular flexibility index (Phi) is 5.78. The second-order valence-electron chi connectivity index (χ2n) is 3.73. The number of amides is 1. The van der Waals surface area contributed by atoms with Crippen molar-refractivity contribution >= 4 is 45.9 Å². The Morgan fingerprint density at radius 1 is 1.42 bits per heavy atom. The van der Waals surface area contributed by atoms with Crippen LogP contribution in [0.5, 0.6) is 0 Å². The molecule has 104 valence electrons. The summed E-state index contributed by atoms with van der Waals surface area (Å²) in [4.78, 5) is 22.8. The van der Waals surface area contributed by atoms with Crippen molar-refractivity contribution in [3.63, 3.8) is 0 Å². The maximum atomic E-state index is 11.9. The van der Waals surface area contributed by atoms with Gasteiger partial charge in [-0.1, -0.05) is 23.2 Å². The third kappa shape index (κ3) is 4.81. The van der Waals surface area contributed by atoms with Crippen molar-refractivity contribution in [1.29, 1.82) is 0 Å². The number of nitrogens with one attached hydrogen (secondary N) is 1. The van der Waals surface area contributed by atoms with E-state index in [4.69, 9.17) is 28.3 Å². The summed E-state index contributed by atoms with van der Waals surface area (Å²) < 4.78 is 11.0. The van der Waals surface area contributed by atoms with Gasteiger partial charge in [0, 0.05) is 22.1 Å². The molecule has 0 aromatic heterocycles. The lowest BCUT2D eigenvalue weighted by Crippen LogP contribution is -2.44. The summed E-state index contributed by atoms with van der Waals surface area (Å²) in [5, 5.41) is 11.7. The van der Waals surface area contributed by atoms with Gasteiger partial charge in [0.25, 0.3) is 5.91 Å². The van der Waals surface area contributed by atoms with E-state index in [-0.39, 0.29) is 16.3 Å². The van der Waals surface area contributed by atoms with Gasteiger partial charge in [-0.2, -0.15) is 0 Å². The summed E-state index contributed by atoms with van der Waals surface area (Å²) >= 11 is 11.5. The van der Waals surface area contributed by atoms with E-state index in [1.54, 1.807) is 0 Å². The van der Waals surface area contributed by atoms with Gasteiger partial charge < -0.3 is 10.4 Å². The van der Waals surface area contributed by atoms with Crippen LogP contribution in [0, 0.1) is 0 Å². The van der Waals surface area contributed by atoms with E-state index in [1.807, 2.05) is 0 Å². The lowest BCUT2D eigenvalue weighted by Gasteiger charge is -2.13. The van der Waals surface area contributed by atoms with Crippen LogP contribution in [0.4, 0.5) is 0 Å². The van der Waals surface area contributed by atoms with Crippen molar-refractivity contribution in [2.24, 2.45) is 0 Å². The van der Waals surface area contributed by atoms with E-state index in [2.05, 4.69) is 5.32 Å². The predicted molar refractivity (Wildman–Crippen MR) is 74.3 cm³/mol. The molecule has 0 spiro atoms. The molecule has 1 rings (SSSR count). The van der Waals surface area contributed by atoms with E-state index in [0.29, 0.717) is 5.02 Å². The van der Waals surface area contributed by atoms with E-state index >= 15 is 0 Å². The first-order chi connectivity index (χ1) is 8.81. The van der Waals surface area contributed by atoms with Crippen LogP contribution in [0.25, 0.3) is 0 Å². The third-order valence-electron chi connectivity index (χ3n) is 2.18. The van der Waals surface area contributed by atoms with Gasteiger partial charge in [0.15, 0.2) is 0 Å². The van der Waals surface area contributed by atoms with Crippen molar-refractivity contribution < 1.29 is 18.9 Å². The van der Waals surface area contributed by atoms with Crippen LogP contribution >= 0.6 is 23.2 Å². The fraction of sp³-hybridized carbons (Fsp3) is 0.273. The maximum absolute atomic E-state index is 11.9. The van der Waals surface area contributed by atoms with Crippen molar-refractivity contribution in [3.05, 3.63) is 33.8 Å². The Bertz CT molecular complexity index is 535. The van der Waals surface area contributed by atoms with Gasteiger partial charge >= 0.3 is 5.97 Å². The number of aliphatic carboxylic acids is 1. The molecule has 1 aromatic carbocycles. The fourth-order valence-electron chi connectivity index (χ4n) is 1.32. The molecular formula is C11H11Cl2NO4S. The van der Waals surface area contributed by atoms with E-state index < -0.39 is 28.7 Å². The molecule has 0 radical (unpaired) electrons. The van der Waals surface area contributed by atoms with Crippen LogP contribution in [0.15, 0.2) is 18.2 Å². The summed E-state index contributed by atoms with van der Waals surface area (Å²) in [6.07, 6.45) is 1.36. The standard InChI is InChI=1S/C11H11Cl2NO4S/c1-19(18)5-9(11(16)17)14-10(15)7-3-2-6(12)4-8(7)13/h2-4,9H,5H2,1H3,(H,14,15)(H,16,17). The number of carboxylic acids is 1. The zero-order chi connectivity index (χ0) is 14.6. The Morgan fingerprint density at radius 3 is 2.53 bits per heavy atom. The molecule has 1 amide bonds. The molecule has 2 N–H and O–H groups in total. The highest BCUT2D eigenvalue weighted by Crippen LogP contribution is 2.20. The lowest BCUT2D eigenvalue weighted by atomic mass is 10.2. The van der Waals surface area contributed by atoms with Crippen molar-refractivity contribution in [2.75, 3.05) is 12.0 Å². The average molecular weight is 324 g/mol. The van der Waals surface area contributed by atoms with Gasteiger partial charge in [-0.05, 0) is 18.2 Å². The van der Waals surface area contributed by atoms with E-state index in [1.165, 1.54) is 24.5 Å². The number of carboxylic acid groups (broad SMARTS) is 1.